The molecule has 0 atom stereocenters. The number of carbonyl (C=O) groups excluding carboxylic acids is 1. The van der Waals surface area contributed by atoms with E-state index in [2.05, 4.69) is 0 Å². The number of carbonyl (C=O) groups is 1. The number of rotatable bonds is 4. The molecular formula is C20H14F2O3. The predicted octanol–water partition coefficient (Wildman–Crippen LogP) is 4.69. The summed E-state index contributed by atoms with van der Waals surface area (Å²) in [5.41, 5.74) is 0.963. The molecule has 3 aromatic rings. The van der Waals surface area contributed by atoms with E-state index in [9.17, 15) is 18.7 Å². The third kappa shape index (κ3) is 3.83. The Morgan fingerprint density at radius 1 is 0.960 bits per heavy atom. The van der Waals surface area contributed by atoms with E-state index in [1.54, 1.807) is 12.1 Å². The summed E-state index contributed by atoms with van der Waals surface area (Å²) in [6, 6.07) is 16.2. The van der Waals surface area contributed by atoms with Crippen LogP contribution in [0.3, 0.4) is 0 Å². The zero-order chi connectivity index (χ0) is 17.8. The van der Waals surface area contributed by atoms with Gasteiger partial charge >= 0.3 is 5.97 Å². The lowest BCUT2D eigenvalue weighted by molar-refractivity contribution is 0.0467. The van der Waals surface area contributed by atoms with E-state index in [0.29, 0.717) is 0 Å². The number of phenolic OH excluding ortho intramolecular Hbond substituents is 1. The monoisotopic (exact) mass is 340 g/mol. The van der Waals surface area contributed by atoms with Crippen molar-refractivity contribution in [3.8, 4) is 16.9 Å². The fraction of sp³-hybridized carbons (Fsp3) is 0.0500. The summed E-state index contributed by atoms with van der Waals surface area (Å²) in [7, 11) is 0. The van der Waals surface area contributed by atoms with E-state index in [0.717, 1.165) is 23.8 Å². The third-order valence-corrected chi connectivity index (χ3v) is 3.67. The lowest BCUT2D eigenvalue weighted by Gasteiger charge is -2.09. The number of halogens is 2. The molecule has 0 fully saturated rings. The summed E-state index contributed by atoms with van der Waals surface area (Å²) in [4.78, 5) is 12.0. The Morgan fingerprint density at radius 3 is 2.44 bits per heavy atom. The minimum Gasteiger partial charge on any atom is -0.507 e. The van der Waals surface area contributed by atoms with Gasteiger partial charge in [-0.25, -0.2) is 13.6 Å². The first-order valence-corrected chi connectivity index (χ1v) is 7.54. The van der Waals surface area contributed by atoms with Crippen molar-refractivity contribution in [1.82, 2.24) is 0 Å². The van der Waals surface area contributed by atoms with Crippen molar-refractivity contribution in [2.75, 3.05) is 0 Å². The standard InChI is InChI=1S/C20H14F2O3/c21-15-7-9-19(23)17(11-15)14-6-8-16(18(22)10-14)20(24)25-12-13-4-2-1-3-5-13/h1-11,23H,12H2. The quantitative estimate of drug-likeness (QED) is 0.701. The molecule has 0 unspecified atom stereocenters. The molecule has 126 valence electrons. The molecule has 3 aromatic carbocycles. The maximum Gasteiger partial charge on any atom is 0.341 e. The molecule has 0 amide bonds. The average molecular weight is 340 g/mol. The maximum atomic E-state index is 14.3. The van der Waals surface area contributed by atoms with Crippen LogP contribution >= 0.6 is 0 Å². The Kier molecular flexibility index (Phi) is 4.75. The summed E-state index contributed by atoms with van der Waals surface area (Å²) in [6.07, 6.45) is 0. The molecule has 25 heavy (non-hydrogen) atoms. The number of hydrogen-bond acceptors (Lipinski definition) is 3. The summed E-state index contributed by atoms with van der Waals surface area (Å²) in [5, 5.41) is 9.79. The first kappa shape index (κ1) is 16.6. The van der Waals surface area contributed by atoms with Crippen LogP contribution < -0.4 is 0 Å². The Morgan fingerprint density at radius 2 is 1.72 bits per heavy atom. The highest BCUT2D eigenvalue weighted by atomic mass is 19.1. The molecule has 0 saturated heterocycles. The highest BCUT2D eigenvalue weighted by Crippen LogP contribution is 2.31. The molecule has 1 N–H and O–H groups in total. The molecular weight excluding hydrogens is 326 g/mol. The smallest absolute Gasteiger partial charge is 0.341 e. The van der Waals surface area contributed by atoms with Gasteiger partial charge in [0.2, 0.25) is 0 Å². The molecule has 0 aromatic heterocycles. The predicted molar refractivity (Wildman–Crippen MR) is 89.0 cm³/mol. The van der Waals surface area contributed by atoms with Crippen molar-refractivity contribution >= 4 is 5.97 Å². The maximum absolute atomic E-state index is 14.3. The van der Waals surface area contributed by atoms with Gasteiger partial charge in [0.1, 0.15) is 24.0 Å². The molecule has 0 aliphatic carbocycles. The fourth-order valence-corrected chi connectivity index (χ4v) is 2.39. The SMILES string of the molecule is O=C(OCc1ccccc1)c1ccc(-c2cc(F)ccc2O)cc1F. The number of benzene rings is 3. The van der Waals surface area contributed by atoms with E-state index in [-0.39, 0.29) is 29.0 Å². The van der Waals surface area contributed by atoms with E-state index < -0.39 is 17.6 Å². The number of hydrogen-bond donors (Lipinski definition) is 1. The van der Waals surface area contributed by atoms with E-state index in [4.69, 9.17) is 4.74 Å². The molecule has 0 aliphatic heterocycles. The number of aromatic hydroxyl groups is 1. The van der Waals surface area contributed by atoms with Gasteiger partial charge in [-0.1, -0.05) is 36.4 Å². The topological polar surface area (TPSA) is 46.5 Å². The Balaban J connectivity index is 1.80. The summed E-state index contributed by atoms with van der Waals surface area (Å²) in [5.74, 6) is -2.34. The molecule has 5 heteroatoms. The van der Waals surface area contributed by atoms with Gasteiger partial charge in [0.15, 0.2) is 0 Å². The van der Waals surface area contributed by atoms with Gasteiger partial charge in [0.05, 0.1) is 5.56 Å². The third-order valence-electron chi connectivity index (χ3n) is 3.67. The van der Waals surface area contributed by atoms with Crippen LogP contribution in [0.2, 0.25) is 0 Å². The number of phenols is 1. The van der Waals surface area contributed by atoms with Crippen LogP contribution in [-0.2, 0) is 11.3 Å². The van der Waals surface area contributed by atoms with E-state index in [1.165, 1.54) is 18.2 Å². The average Bonchev–Trinajstić information content (AvgIpc) is 2.62. The summed E-state index contributed by atoms with van der Waals surface area (Å²) < 4.78 is 32.7. The molecule has 0 saturated carbocycles. The van der Waals surface area contributed by atoms with Crippen molar-refractivity contribution in [2.45, 2.75) is 6.61 Å². The van der Waals surface area contributed by atoms with E-state index >= 15 is 0 Å². The van der Waals surface area contributed by atoms with Crippen molar-refractivity contribution in [3.63, 3.8) is 0 Å². The Labute approximate surface area is 143 Å². The van der Waals surface area contributed by atoms with Crippen LogP contribution in [0, 0.1) is 11.6 Å². The van der Waals surface area contributed by atoms with Crippen molar-refractivity contribution in [1.29, 1.82) is 0 Å². The second-order valence-corrected chi connectivity index (χ2v) is 5.42. The molecule has 0 heterocycles. The second kappa shape index (κ2) is 7.13. The van der Waals surface area contributed by atoms with Crippen molar-refractivity contribution < 1.29 is 23.4 Å². The lowest BCUT2D eigenvalue weighted by Crippen LogP contribution is -2.07. The zero-order valence-electron chi connectivity index (χ0n) is 13.1. The van der Waals surface area contributed by atoms with Gasteiger partial charge in [0.25, 0.3) is 0 Å². The first-order chi connectivity index (χ1) is 12.0. The van der Waals surface area contributed by atoms with Crippen molar-refractivity contribution in [3.05, 3.63) is 89.5 Å². The Hall–Kier alpha value is -3.21. The van der Waals surface area contributed by atoms with Crippen LogP contribution in [0.1, 0.15) is 15.9 Å². The minimum absolute atomic E-state index is 0.0333. The fourth-order valence-electron chi connectivity index (χ4n) is 2.39. The van der Waals surface area contributed by atoms with Gasteiger partial charge < -0.3 is 9.84 Å². The van der Waals surface area contributed by atoms with Gasteiger partial charge in [-0.3, -0.25) is 0 Å². The van der Waals surface area contributed by atoms with Crippen LogP contribution in [0.4, 0.5) is 8.78 Å². The molecule has 0 bridgehead atoms. The van der Waals surface area contributed by atoms with Crippen LogP contribution in [0.5, 0.6) is 5.75 Å². The molecule has 0 aliphatic rings. The summed E-state index contributed by atoms with van der Waals surface area (Å²) in [6.45, 7) is 0.0333. The molecule has 3 rings (SSSR count). The van der Waals surface area contributed by atoms with E-state index in [1.807, 2.05) is 18.2 Å². The Bertz CT molecular complexity index is 908. The van der Waals surface area contributed by atoms with Gasteiger partial charge in [-0.15, -0.1) is 0 Å². The van der Waals surface area contributed by atoms with Gasteiger partial charge in [0, 0.05) is 5.56 Å². The van der Waals surface area contributed by atoms with Crippen molar-refractivity contribution in [2.24, 2.45) is 0 Å². The zero-order valence-corrected chi connectivity index (χ0v) is 13.1. The highest BCUT2D eigenvalue weighted by molar-refractivity contribution is 5.90. The summed E-state index contributed by atoms with van der Waals surface area (Å²) >= 11 is 0. The lowest BCUT2D eigenvalue weighted by atomic mass is 10.0. The number of esters is 1. The normalized spacial score (nSPS) is 10.5. The van der Waals surface area contributed by atoms with Crippen LogP contribution in [-0.4, -0.2) is 11.1 Å². The highest BCUT2D eigenvalue weighted by Gasteiger charge is 2.16. The molecule has 0 spiro atoms. The van der Waals surface area contributed by atoms with Gasteiger partial charge in [-0.05, 0) is 41.5 Å². The second-order valence-electron chi connectivity index (χ2n) is 5.42. The first-order valence-electron chi connectivity index (χ1n) is 7.54. The minimum atomic E-state index is -0.806. The molecule has 3 nitrogen and oxygen atoms in total. The number of ether oxygens (including phenoxy) is 1. The largest absolute Gasteiger partial charge is 0.507 e. The van der Waals surface area contributed by atoms with Crippen LogP contribution in [0.25, 0.3) is 11.1 Å². The van der Waals surface area contributed by atoms with Crippen LogP contribution in [0.15, 0.2) is 66.7 Å². The molecule has 0 radical (unpaired) electrons. The van der Waals surface area contributed by atoms with Gasteiger partial charge in [-0.2, -0.15) is 0 Å².